The van der Waals surface area contributed by atoms with E-state index in [9.17, 15) is 0 Å². The molecule has 2 nitrogen and oxygen atoms in total. The van der Waals surface area contributed by atoms with Crippen molar-refractivity contribution in [3.05, 3.63) is 34.9 Å². The Labute approximate surface area is 124 Å². The molecule has 1 atom stereocenters. The van der Waals surface area contributed by atoms with Gasteiger partial charge in [0.25, 0.3) is 0 Å². The molecule has 0 amide bonds. The summed E-state index contributed by atoms with van der Waals surface area (Å²) in [5.41, 5.74) is 4.40. The molecule has 2 heteroatoms. The van der Waals surface area contributed by atoms with Crippen molar-refractivity contribution in [2.24, 2.45) is 0 Å². The van der Waals surface area contributed by atoms with E-state index in [0.717, 1.165) is 6.54 Å². The molecule has 1 aromatic carbocycles. The van der Waals surface area contributed by atoms with E-state index in [4.69, 9.17) is 0 Å². The van der Waals surface area contributed by atoms with Crippen LogP contribution in [0.3, 0.4) is 0 Å². The summed E-state index contributed by atoms with van der Waals surface area (Å²) in [5.74, 6) is 0. The van der Waals surface area contributed by atoms with Crippen LogP contribution in [-0.4, -0.2) is 30.6 Å². The summed E-state index contributed by atoms with van der Waals surface area (Å²) in [6.07, 6.45) is 5.27. The van der Waals surface area contributed by atoms with E-state index in [1.54, 1.807) is 0 Å². The van der Waals surface area contributed by atoms with Crippen LogP contribution in [-0.2, 0) is 6.54 Å². The van der Waals surface area contributed by atoms with E-state index in [1.807, 2.05) is 0 Å². The molecule has 20 heavy (non-hydrogen) atoms. The lowest BCUT2D eigenvalue weighted by Crippen LogP contribution is -2.38. The molecule has 1 N–H and O–H groups in total. The maximum atomic E-state index is 3.64. The van der Waals surface area contributed by atoms with Crippen molar-refractivity contribution in [3.8, 4) is 0 Å². The van der Waals surface area contributed by atoms with Crippen LogP contribution in [0.2, 0.25) is 0 Å². The largest absolute Gasteiger partial charge is 0.313 e. The van der Waals surface area contributed by atoms with Gasteiger partial charge in [0.2, 0.25) is 0 Å². The lowest BCUT2D eigenvalue weighted by molar-refractivity contribution is 0.237. The van der Waals surface area contributed by atoms with Crippen LogP contribution in [0, 0.1) is 13.8 Å². The molecule has 112 valence electrons. The predicted molar refractivity (Wildman–Crippen MR) is 87.1 cm³/mol. The summed E-state index contributed by atoms with van der Waals surface area (Å²) < 4.78 is 0. The summed E-state index contributed by atoms with van der Waals surface area (Å²) in [4.78, 5) is 2.65. The fraction of sp³-hybridized carbons (Fsp3) is 0.667. The minimum Gasteiger partial charge on any atom is -0.313 e. The second kappa shape index (κ2) is 7.80. The maximum absolute atomic E-state index is 3.64. The Morgan fingerprint density at radius 3 is 2.60 bits per heavy atom. The van der Waals surface area contributed by atoms with Crippen molar-refractivity contribution in [1.82, 2.24) is 10.2 Å². The van der Waals surface area contributed by atoms with Crippen molar-refractivity contribution in [3.63, 3.8) is 0 Å². The zero-order chi connectivity index (χ0) is 14.4. The van der Waals surface area contributed by atoms with E-state index in [1.165, 1.54) is 62.0 Å². The molecular weight excluding hydrogens is 244 g/mol. The molecule has 1 aromatic rings. The average Bonchev–Trinajstić information content (AvgIpc) is 2.93. The van der Waals surface area contributed by atoms with Gasteiger partial charge in [-0.1, -0.05) is 31.5 Å². The lowest BCUT2D eigenvalue weighted by atomic mass is 10.0. The highest BCUT2D eigenvalue weighted by atomic mass is 15.2. The first-order valence-electron chi connectivity index (χ1n) is 8.21. The topological polar surface area (TPSA) is 15.3 Å². The quantitative estimate of drug-likeness (QED) is 0.816. The molecule has 1 aliphatic rings. The van der Waals surface area contributed by atoms with Crippen LogP contribution < -0.4 is 5.32 Å². The monoisotopic (exact) mass is 274 g/mol. The minimum absolute atomic E-state index is 0.705. The normalized spacial score (nSPS) is 18.9. The van der Waals surface area contributed by atoms with E-state index in [-0.39, 0.29) is 0 Å². The van der Waals surface area contributed by atoms with Crippen LogP contribution in [0.4, 0.5) is 0 Å². The zero-order valence-corrected chi connectivity index (χ0v) is 13.4. The first-order chi connectivity index (χ1) is 9.70. The van der Waals surface area contributed by atoms with Gasteiger partial charge in [-0.2, -0.15) is 0 Å². The first kappa shape index (κ1) is 15.5. The minimum atomic E-state index is 0.705. The number of rotatable bonds is 7. The zero-order valence-electron chi connectivity index (χ0n) is 13.4. The third kappa shape index (κ3) is 4.32. The Morgan fingerprint density at radius 1 is 1.25 bits per heavy atom. The number of nitrogens with one attached hydrogen (secondary N) is 1. The van der Waals surface area contributed by atoms with Crippen molar-refractivity contribution in [1.29, 1.82) is 0 Å². The Balaban J connectivity index is 2.01. The van der Waals surface area contributed by atoms with E-state index < -0.39 is 0 Å². The van der Waals surface area contributed by atoms with E-state index >= 15 is 0 Å². The van der Waals surface area contributed by atoms with Gasteiger partial charge in [0, 0.05) is 19.1 Å². The predicted octanol–water partition coefficient (Wildman–Crippen LogP) is 3.66. The second-order valence-electron chi connectivity index (χ2n) is 6.25. The highest BCUT2D eigenvalue weighted by Gasteiger charge is 2.18. The molecular formula is C18H30N2. The molecule has 1 fully saturated rings. The molecule has 1 heterocycles. The van der Waals surface area contributed by atoms with Crippen molar-refractivity contribution >= 4 is 0 Å². The van der Waals surface area contributed by atoms with Gasteiger partial charge in [0.15, 0.2) is 0 Å². The number of unbranched alkanes of at least 4 members (excludes halogenated alkanes) is 1. The molecule has 1 aliphatic heterocycles. The van der Waals surface area contributed by atoms with Gasteiger partial charge in [0.1, 0.15) is 0 Å². The standard InChI is InChI=1S/C18H30N2/c1-4-5-12-20(13-17-10-7-11-19-17)14-18-15(2)8-6-9-16(18)3/h6,8-9,17,19H,4-5,7,10-14H2,1-3H3. The Hall–Kier alpha value is -0.860. The lowest BCUT2D eigenvalue weighted by Gasteiger charge is -2.27. The summed E-state index contributed by atoms with van der Waals surface area (Å²) in [6.45, 7) is 11.5. The highest BCUT2D eigenvalue weighted by Crippen LogP contribution is 2.17. The van der Waals surface area contributed by atoms with E-state index in [2.05, 4.69) is 49.2 Å². The van der Waals surface area contributed by atoms with Crippen molar-refractivity contribution in [2.75, 3.05) is 19.6 Å². The second-order valence-corrected chi connectivity index (χ2v) is 6.25. The Kier molecular flexibility index (Phi) is 6.06. The van der Waals surface area contributed by atoms with Gasteiger partial charge >= 0.3 is 0 Å². The van der Waals surface area contributed by atoms with Gasteiger partial charge < -0.3 is 5.32 Å². The number of benzene rings is 1. The maximum Gasteiger partial charge on any atom is 0.0239 e. The van der Waals surface area contributed by atoms with Gasteiger partial charge in [-0.3, -0.25) is 4.90 Å². The average molecular weight is 274 g/mol. The molecule has 1 unspecified atom stereocenters. The van der Waals surface area contributed by atoms with Crippen molar-refractivity contribution < 1.29 is 0 Å². The SMILES string of the molecule is CCCCN(Cc1c(C)cccc1C)CC1CCCN1. The van der Waals surface area contributed by atoms with Gasteiger partial charge in [-0.05, 0) is 62.9 Å². The molecule has 0 spiro atoms. The highest BCUT2D eigenvalue weighted by molar-refractivity contribution is 5.33. The van der Waals surface area contributed by atoms with Crippen LogP contribution in [0.25, 0.3) is 0 Å². The molecule has 0 bridgehead atoms. The molecule has 0 radical (unpaired) electrons. The summed E-state index contributed by atoms with van der Waals surface area (Å²) in [7, 11) is 0. The number of hydrogen-bond donors (Lipinski definition) is 1. The Bertz CT molecular complexity index is 388. The molecule has 1 saturated heterocycles. The van der Waals surface area contributed by atoms with Gasteiger partial charge in [-0.15, -0.1) is 0 Å². The van der Waals surface area contributed by atoms with Crippen LogP contribution >= 0.6 is 0 Å². The molecule has 0 saturated carbocycles. The summed E-state index contributed by atoms with van der Waals surface area (Å²) >= 11 is 0. The summed E-state index contributed by atoms with van der Waals surface area (Å²) in [6, 6.07) is 7.36. The van der Waals surface area contributed by atoms with Crippen LogP contribution in [0.15, 0.2) is 18.2 Å². The van der Waals surface area contributed by atoms with Crippen LogP contribution in [0.5, 0.6) is 0 Å². The van der Waals surface area contributed by atoms with Gasteiger partial charge in [0.05, 0.1) is 0 Å². The molecule has 2 rings (SSSR count). The number of nitrogens with zero attached hydrogens (tertiary/aromatic N) is 1. The third-order valence-electron chi connectivity index (χ3n) is 4.50. The smallest absolute Gasteiger partial charge is 0.0239 e. The molecule has 0 aromatic heterocycles. The fourth-order valence-electron chi connectivity index (χ4n) is 3.16. The third-order valence-corrected chi connectivity index (χ3v) is 4.50. The van der Waals surface area contributed by atoms with Gasteiger partial charge in [-0.25, -0.2) is 0 Å². The van der Waals surface area contributed by atoms with Crippen LogP contribution in [0.1, 0.15) is 49.3 Å². The fourth-order valence-corrected chi connectivity index (χ4v) is 3.16. The number of aryl methyl sites for hydroxylation is 2. The molecule has 0 aliphatic carbocycles. The first-order valence-corrected chi connectivity index (χ1v) is 8.21. The van der Waals surface area contributed by atoms with Crippen molar-refractivity contribution in [2.45, 2.75) is 59.0 Å². The summed E-state index contributed by atoms with van der Waals surface area (Å²) in [5, 5.41) is 3.64. The van der Waals surface area contributed by atoms with E-state index in [0.29, 0.717) is 6.04 Å². The Morgan fingerprint density at radius 2 is 2.00 bits per heavy atom. The number of hydrogen-bond acceptors (Lipinski definition) is 2.